The van der Waals surface area contributed by atoms with Crippen molar-refractivity contribution >= 4 is 56.3 Å². The lowest BCUT2D eigenvalue weighted by atomic mass is 10.2. The fourth-order valence-corrected chi connectivity index (χ4v) is 4.05. The first-order valence-corrected chi connectivity index (χ1v) is 12.4. The number of halogens is 4. The molecular weight excluding hydrogens is 537 g/mol. The molecule has 10 nitrogen and oxygen atoms in total. The molecule has 37 heavy (non-hydrogen) atoms. The normalized spacial score (nSPS) is 11.8. The Balaban J connectivity index is 1.92. The van der Waals surface area contributed by atoms with E-state index in [0.29, 0.717) is 41.6 Å². The lowest BCUT2D eigenvalue weighted by Crippen LogP contribution is -2.36. The van der Waals surface area contributed by atoms with Crippen molar-refractivity contribution in [2.24, 2.45) is 0 Å². The number of hydrogen-bond acceptors (Lipinski definition) is 9. The first-order valence-electron chi connectivity index (χ1n) is 10.6. The quantitative estimate of drug-likeness (QED) is 0.360. The van der Waals surface area contributed by atoms with E-state index in [9.17, 15) is 26.4 Å². The van der Waals surface area contributed by atoms with Gasteiger partial charge in [0.05, 0.1) is 16.3 Å². The van der Waals surface area contributed by atoms with Crippen LogP contribution in [0.5, 0.6) is 0 Å². The first-order chi connectivity index (χ1) is 17.3. The number of rotatable bonds is 9. The maximum atomic E-state index is 12.8. The van der Waals surface area contributed by atoms with Gasteiger partial charge in [-0.1, -0.05) is 11.6 Å². The third-order valence-corrected chi connectivity index (χ3v) is 6.83. The zero-order valence-corrected chi connectivity index (χ0v) is 21.3. The molecule has 0 fully saturated rings. The van der Waals surface area contributed by atoms with E-state index in [1.165, 1.54) is 24.5 Å². The molecule has 3 aromatic rings. The van der Waals surface area contributed by atoms with Crippen LogP contribution in [-0.2, 0) is 19.7 Å². The molecular formula is C22H22ClF3N6O4S. The Morgan fingerprint density at radius 3 is 2.24 bits per heavy atom. The molecule has 2 aromatic carbocycles. The van der Waals surface area contributed by atoms with E-state index in [1.54, 1.807) is 42.3 Å². The van der Waals surface area contributed by atoms with Gasteiger partial charge in [0, 0.05) is 37.4 Å². The Hall–Kier alpha value is -3.62. The lowest BCUT2D eigenvalue weighted by Gasteiger charge is -2.23. The maximum Gasteiger partial charge on any atom is 0.492 e. The highest BCUT2D eigenvalue weighted by atomic mass is 35.5. The number of aromatic nitrogens is 2. The van der Waals surface area contributed by atoms with E-state index in [4.69, 9.17) is 11.6 Å². The van der Waals surface area contributed by atoms with Crippen molar-refractivity contribution in [2.75, 3.05) is 36.2 Å². The van der Waals surface area contributed by atoms with E-state index in [1.807, 2.05) is 6.92 Å². The van der Waals surface area contributed by atoms with Gasteiger partial charge in [-0.05, 0) is 53.9 Å². The highest BCUT2D eigenvalue weighted by Gasteiger charge is 2.43. The van der Waals surface area contributed by atoms with Crippen molar-refractivity contribution in [3.63, 3.8) is 0 Å². The smallest absolute Gasteiger partial charge is 0.373 e. The molecule has 0 aliphatic heterocycles. The third-order valence-electron chi connectivity index (χ3n) is 4.98. The molecule has 0 aliphatic carbocycles. The summed E-state index contributed by atoms with van der Waals surface area (Å²) in [7, 11) is -2.18. The van der Waals surface area contributed by atoms with Crippen LogP contribution in [0.15, 0.2) is 59.8 Å². The van der Waals surface area contributed by atoms with Crippen LogP contribution in [0.1, 0.15) is 6.92 Å². The number of alkyl halides is 3. The Labute approximate surface area is 216 Å². The van der Waals surface area contributed by atoms with Crippen LogP contribution in [0.4, 0.5) is 41.9 Å². The van der Waals surface area contributed by atoms with Gasteiger partial charge >= 0.3 is 12.1 Å². The number of hydrogen-bond donors (Lipinski definition) is 2. The second kappa shape index (κ2) is 11.2. The molecule has 0 amide bonds. The number of nitrogens with zero attached hydrogens (tertiary/aromatic N) is 4. The van der Waals surface area contributed by atoms with Crippen LogP contribution < -0.4 is 15.5 Å². The Morgan fingerprint density at radius 1 is 1.03 bits per heavy atom. The van der Waals surface area contributed by atoms with Crippen LogP contribution in [0.25, 0.3) is 0 Å². The summed E-state index contributed by atoms with van der Waals surface area (Å²) >= 11 is 5.90. The number of nitrogens with one attached hydrogen (secondary N) is 2. The highest BCUT2D eigenvalue weighted by Crippen LogP contribution is 2.32. The van der Waals surface area contributed by atoms with E-state index >= 15 is 0 Å². The van der Waals surface area contributed by atoms with Crippen LogP contribution in [0, 0.1) is 0 Å². The Kier molecular flexibility index (Phi) is 8.46. The van der Waals surface area contributed by atoms with Gasteiger partial charge in [-0.25, -0.2) is 23.2 Å². The van der Waals surface area contributed by atoms with Crippen LogP contribution >= 0.6 is 11.6 Å². The summed E-state index contributed by atoms with van der Waals surface area (Å²) in [4.78, 5) is 24.8. The number of benzene rings is 2. The molecule has 0 bridgehead atoms. The molecule has 1 heterocycles. The largest absolute Gasteiger partial charge is 0.492 e. The predicted octanol–water partition coefficient (Wildman–Crippen LogP) is 4.71. The zero-order chi connectivity index (χ0) is 27.4. The molecule has 0 unspecified atom stereocenters. The first kappa shape index (κ1) is 28.0. The van der Waals surface area contributed by atoms with Crippen molar-refractivity contribution in [1.82, 2.24) is 14.4 Å². The molecule has 0 spiro atoms. The van der Waals surface area contributed by atoms with Crippen LogP contribution in [0.2, 0.25) is 5.02 Å². The maximum absolute atomic E-state index is 12.8. The van der Waals surface area contributed by atoms with Crippen molar-refractivity contribution in [3.05, 3.63) is 59.9 Å². The molecule has 0 radical (unpaired) electrons. The summed E-state index contributed by atoms with van der Waals surface area (Å²) in [5.74, 6) is -1.95. The van der Waals surface area contributed by atoms with E-state index < -0.39 is 27.1 Å². The minimum absolute atomic E-state index is 0.135. The van der Waals surface area contributed by atoms with Gasteiger partial charge in [0.25, 0.3) is 10.0 Å². The fraction of sp³-hybridized carbons (Fsp3) is 0.227. The molecule has 0 saturated heterocycles. The van der Waals surface area contributed by atoms with Gasteiger partial charge in [0.1, 0.15) is 18.0 Å². The fourth-order valence-electron chi connectivity index (χ4n) is 2.96. The van der Waals surface area contributed by atoms with E-state index in [-0.39, 0.29) is 10.2 Å². The summed E-state index contributed by atoms with van der Waals surface area (Å²) < 4.78 is 63.1. The number of anilines is 5. The predicted molar refractivity (Wildman–Crippen MR) is 133 cm³/mol. The summed E-state index contributed by atoms with van der Waals surface area (Å²) in [6, 6.07) is 12.3. The molecule has 198 valence electrons. The van der Waals surface area contributed by atoms with Gasteiger partial charge in [-0.15, -0.1) is 0 Å². The van der Waals surface area contributed by atoms with Crippen molar-refractivity contribution in [1.29, 1.82) is 0 Å². The monoisotopic (exact) mass is 558 g/mol. The molecule has 3 rings (SSSR count). The number of hydroxylamine groups is 1. The molecule has 15 heteroatoms. The number of carbonyl (C=O) groups excluding carboxylic acids is 1. The third kappa shape index (κ3) is 6.99. The SMILES string of the molecule is CCN(C)c1ccc(S(=O)(=O)N(C)OC(=O)C(F)(F)F)cc1Nc1cc(Nc2ccc(Cl)cc2)ncn1. The van der Waals surface area contributed by atoms with Crippen LogP contribution in [0.3, 0.4) is 0 Å². The molecule has 0 saturated carbocycles. The van der Waals surface area contributed by atoms with Gasteiger partial charge in [0.2, 0.25) is 0 Å². The highest BCUT2D eigenvalue weighted by molar-refractivity contribution is 7.89. The summed E-state index contributed by atoms with van der Waals surface area (Å²) in [5.41, 5.74) is 1.56. The standard InChI is InChI=1S/C22H22ClF3N6O4S/c1-4-31(2)18-10-9-16(37(34,35)32(3)36-21(33)22(24,25)26)11-17(18)30-20-12-19(27-13-28-20)29-15-7-5-14(23)6-8-15/h5-13H,4H2,1-3H3,(H2,27,28,29,30). The average Bonchev–Trinajstić information content (AvgIpc) is 2.84. The van der Waals surface area contributed by atoms with Crippen LogP contribution in [-0.4, -0.2) is 55.6 Å². The second-order valence-corrected chi connectivity index (χ2v) is 9.90. The minimum atomic E-state index is -5.37. The second-order valence-electron chi connectivity index (χ2n) is 7.53. The average molecular weight is 559 g/mol. The van der Waals surface area contributed by atoms with Gasteiger partial charge in [-0.3, -0.25) is 0 Å². The van der Waals surface area contributed by atoms with Gasteiger partial charge in [-0.2, -0.15) is 13.2 Å². The Bertz CT molecular complexity index is 1370. The van der Waals surface area contributed by atoms with Crippen molar-refractivity contribution in [3.8, 4) is 0 Å². The summed E-state index contributed by atoms with van der Waals surface area (Å²) in [5, 5.41) is 6.67. The minimum Gasteiger partial charge on any atom is -0.373 e. The molecule has 1 aromatic heterocycles. The van der Waals surface area contributed by atoms with Gasteiger partial charge < -0.3 is 20.4 Å². The molecule has 2 N–H and O–H groups in total. The van der Waals surface area contributed by atoms with Gasteiger partial charge in [0.15, 0.2) is 0 Å². The number of sulfonamides is 1. The topological polar surface area (TPSA) is 117 Å². The summed E-state index contributed by atoms with van der Waals surface area (Å²) in [6.07, 6.45) is -4.08. The molecule has 0 aliphatic rings. The number of carbonyl (C=O) groups is 1. The molecule has 0 atom stereocenters. The van der Waals surface area contributed by atoms with E-state index in [2.05, 4.69) is 25.4 Å². The lowest BCUT2D eigenvalue weighted by molar-refractivity contribution is -0.219. The zero-order valence-electron chi connectivity index (χ0n) is 19.7. The van der Waals surface area contributed by atoms with E-state index in [0.717, 1.165) is 0 Å². The van der Waals surface area contributed by atoms with Crippen molar-refractivity contribution in [2.45, 2.75) is 18.0 Å². The van der Waals surface area contributed by atoms with Crippen molar-refractivity contribution < 1.29 is 31.2 Å². The summed E-state index contributed by atoms with van der Waals surface area (Å²) in [6.45, 7) is 2.43. The Morgan fingerprint density at radius 2 is 1.65 bits per heavy atom.